The molecule has 114 valence electrons. The summed E-state index contributed by atoms with van der Waals surface area (Å²) >= 11 is 0. The maximum Gasteiger partial charge on any atom is 0.273 e. The zero-order valence-electron chi connectivity index (χ0n) is 11.9. The largest absolute Gasteiger partial charge is 0.480 e. The molecule has 0 fully saturated rings. The quantitative estimate of drug-likeness (QED) is 0.742. The Morgan fingerprint density at radius 3 is 3.05 bits per heavy atom. The van der Waals surface area contributed by atoms with Crippen LogP contribution < -0.4 is 10.1 Å². The van der Waals surface area contributed by atoms with E-state index >= 15 is 0 Å². The van der Waals surface area contributed by atoms with Crippen molar-refractivity contribution in [3.05, 3.63) is 42.4 Å². The first-order chi connectivity index (χ1) is 10.8. The van der Waals surface area contributed by atoms with Crippen LogP contribution >= 0.6 is 0 Å². The van der Waals surface area contributed by atoms with E-state index in [0.29, 0.717) is 30.5 Å². The number of hydrogen-bond donors (Lipinski definition) is 1. The first-order valence-corrected chi connectivity index (χ1v) is 6.62. The topological polar surface area (TPSA) is 95.3 Å². The molecule has 0 bridgehead atoms. The van der Waals surface area contributed by atoms with Crippen molar-refractivity contribution < 1.29 is 18.5 Å². The molecular weight excluding hydrogens is 288 g/mol. The second kappa shape index (κ2) is 6.17. The molecule has 0 radical (unpaired) electrons. The van der Waals surface area contributed by atoms with Gasteiger partial charge in [0.1, 0.15) is 0 Å². The lowest BCUT2D eigenvalue weighted by Crippen LogP contribution is -2.27. The first kappa shape index (κ1) is 13.9. The summed E-state index contributed by atoms with van der Waals surface area (Å²) in [6, 6.07) is 6.74. The zero-order valence-corrected chi connectivity index (χ0v) is 11.9. The van der Waals surface area contributed by atoms with Crippen molar-refractivity contribution >= 4 is 5.91 Å². The number of carbonyl (C=O) groups excluding carboxylic acids is 1. The SMILES string of the molecule is COc1ccn(CCNC(=O)c2cc(-c3ccco3)on2)n1. The molecule has 1 N–H and O–H groups in total. The molecule has 0 aliphatic rings. The van der Waals surface area contributed by atoms with Crippen LogP contribution in [0.25, 0.3) is 11.5 Å². The highest BCUT2D eigenvalue weighted by Crippen LogP contribution is 2.20. The molecular formula is C14H14N4O4. The number of aromatic nitrogens is 3. The van der Waals surface area contributed by atoms with E-state index in [0.717, 1.165) is 0 Å². The van der Waals surface area contributed by atoms with Crippen LogP contribution in [-0.2, 0) is 6.54 Å². The fourth-order valence-corrected chi connectivity index (χ4v) is 1.87. The van der Waals surface area contributed by atoms with Gasteiger partial charge in [-0.05, 0) is 12.1 Å². The van der Waals surface area contributed by atoms with Gasteiger partial charge >= 0.3 is 0 Å². The van der Waals surface area contributed by atoms with Gasteiger partial charge in [-0.25, -0.2) is 0 Å². The van der Waals surface area contributed by atoms with Gasteiger partial charge in [-0.1, -0.05) is 5.16 Å². The molecule has 22 heavy (non-hydrogen) atoms. The molecule has 0 spiro atoms. The van der Waals surface area contributed by atoms with Crippen molar-refractivity contribution in [3.63, 3.8) is 0 Å². The molecule has 3 heterocycles. The molecule has 0 saturated carbocycles. The fourth-order valence-electron chi connectivity index (χ4n) is 1.87. The van der Waals surface area contributed by atoms with Gasteiger partial charge in [0.25, 0.3) is 5.91 Å². The molecule has 1 amide bonds. The number of methoxy groups -OCH3 is 1. The van der Waals surface area contributed by atoms with Crippen molar-refractivity contribution in [1.82, 2.24) is 20.3 Å². The summed E-state index contributed by atoms with van der Waals surface area (Å²) in [5, 5.41) is 10.6. The van der Waals surface area contributed by atoms with Crippen LogP contribution in [0, 0.1) is 0 Å². The lowest BCUT2D eigenvalue weighted by atomic mass is 10.3. The van der Waals surface area contributed by atoms with Crippen LogP contribution in [0.1, 0.15) is 10.5 Å². The van der Waals surface area contributed by atoms with Gasteiger partial charge in [-0.3, -0.25) is 9.48 Å². The number of nitrogens with zero attached hydrogens (tertiary/aromatic N) is 3. The molecule has 3 rings (SSSR count). The highest BCUT2D eigenvalue weighted by atomic mass is 16.5. The summed E-state index contributed by atoms with van der Waals surface area (Å²) in [6.07, 6.45) is 3.30. The average Bonchev–Trinajstić information content (AvgIpc) is 3.27. The Kier molecular flexibility index (Phi) is 3.90. The van der Waals surface area contributed by atoms with Gasteiger partial charge in [0.15, 0.2) is 11.5 Å². The summed E-state index contributed by atoms with van der Waals surface area (Å²) in [5.41, 5.74) is 0.199. The Balaban J connectivity index is 1.54. The summed E-state index contributed by atoms with van der Waals surface area (Å²) in [6.45, 7) is 0.935. The summed E-state index contributed by atoms with van der Waals surface area (Å²) in [7, 11) is 1.55. The third kappa shape index (κ3) is 3.00. The normalized spacial score (nSPS) is 10.6. The van der Waals surface area contributed by atoms with E-state index in [4.69, 9.17) is 13.7 Å². The lowest BCUT2D eigenvalue weighted by Gasteiger charge is -2.02. The molecule has 0 atom stereocenters. The van der Waals surface area contributed by atoms with E-state index in [9.17, 15) is 4.79 Å². The first-order valence-electron chi connectivity index (χ1n) is 6.62. The lowest BCUT2D eigenvalue weighted by molar-refractivity contribution is 0.0943. The van der Waals surface area contributed by atoms with Crippen LogP contribution in [0.4, 0.5) is 0 Å². The Hall–Kier alpha value is -3.03. The van der Waals surface area contributed by atoms with Crippen molar-refractivity contribution in [2.24, 2.45) is 0 Å². The number of ether oxygens (including phenoxy) is 1. The highest BCUT2D eigenvalue weighted by Gasteiger charge is 2.14. The van der Waals surface area contributed by atoms with E-state index < -0.39 is 0 Å². The third-order valence-electron chi connectivity index (χ3n) is 2.96. The Morgan fingerprint density at radius 1 is 1.41 bits per heavy atom. The van der Waals surface area contributed by atoms with Gasteiger partial charge in [0.05, 0.1) is 19.9 Å². The average molecular weight is 302 g/mol. The number of furan rings is 1. The number of amides is 1. The molecule has 0 aromatic carbocycles. The monoisotopic (exact) mass is 302 g/mol. The summed E-state index contributed by atoms with van der Waals surface area (Å²) in [4.78, 5) is 12.0. The maximum absolute atomic E-state index is 12.0. The second-order valence-electron chi connectivity index (χ2n) is 4.43. The van der Waals surface area contributed by atoms with E-state index in [-0.39, 0.29) is 11.6 Å². The van der Waals surface area contributed by atoms with E-state index in [2.05, 4.69) is 15.6 Å². The number of hydrogen-bond acceptors (Lipinski definition) is 6. The van der Waals surface area contributed by atoms with Crippen molar-refractivity contribution in [2.45, 2.75) is 6.54 Å². The molecule has 0 saturated heterocycles. The molecule has 8 nitrogen and oxygen atoms in total. The van der Waals surface area contributed by atoms with Crippen LogP contribution in [0.2, 0.25) is 0 Å². The van der Waals surface area contributed by atoms with Crippen molar-refractivity contribution in [2.75, 3.05) is 13.7 Å². The third-order valence-corrected chi connectivity index (χ3v) is 2.96. The molecule has 3 aromatic heterocycles. The second-order valence-corrected chi connectivity index (χ2v) is 4.43. The van der Waals surface area contributed by atoms with Gasteiger partial charge in [-0.2, -0.15) is 0 Å². The van der Waals surface area contributed by atoms with Crippen molar-refractivity contribution in [3.8, 4) is 17.4 Å². The number of rotatable bonds is 6. The zero-order chi connectivity index (χ0) is 15.4. The minimum Gasteiger partial charge on any atom is -0.480 e. The Morgan fingerprint density at radius 2 is 2.32 bits per heavy atom. The van der Waals surface area contributed by atoms with Gasteiger partial charge < -0.3 is 19.0 Å². The maximum atomic E-state index is 12.0. The number of nitrogens with one attached hydrogen (secondary N) is 1. The van der Waals surface area contributed by atoms with Gasteiger partial charge in [0, 0.05) is 24.9 Å². The number of carbonyl (C=O) groups is 1. The predicted molar refractivity (Wildman–Crippen MR) is 75.3 cm³/mol. The van der Waals surface area contributed by atoms with Crippen LogP contribution in [0.5, 0.6) is 5.88 Å². The van der Waals surface area contributed by atoms with E-state index in [1.807, 2.05) is 0 Å². The smallest absolute Gasteiger partial charge is 0.273 e. The van der Waals surface area contributed by atoms with E-state index in [1.54, 1.807) is 36.2 Å². The summed E-state index contributed by atoms with van der Waals surface area (Å²) < 4.78 is 16.9. The van der Waals surface area contributed by atoms with Crippen LogP contribution in [-0.4, -0.2) is 34.5 Å². The van der Waals surface area contributed by atoms with Gasteiger partial charge in [-0.15, -0.1) is 5.10 Å². The minimum atomic E-state index is -0.319. The molecule has 0 aliphatic heterocycles. The Labute approximate surface area is 125 Å². The van der Waals surface area contributed by atoms with E-state index in [1.165, 1.54) is 12.3 Å². The molecule has 3 aromatic rings. The molecule has 8 heteroatoms. The van der Waals surface area contributed by atoms with Crippen molar-refractivity contribution in [1.29, 1.82) is 0 Å². The Bertz CT molecular complexity index is 745. The van der Waals surface area contributed by atoms with Crippen LogP contribution in [0.3, 0.4) is 0 Å². The van der Waals surface area contributed by atoms with Gasteiger partial charge in [0.2, 0.25) is 11.6 Å². The minimum absolute atomic E-state index is 0.199. The standard InChI is InChI=1S/C14H14N4O4/c1-20-13-4-6-18(16-13)7-5-15-14(19)10-9-12(22-17-10)11-3-2-8-21-11/h2-4,6,8-9H,5,7H2,1H3,(H,15,19). The van der Waals surface area contributed by atoms with Crippen LogP contribution in [0.15, 0.2) is 45.7 Å². The predicted octanol–water partition coefficient (Wildman–Crippen LogP) is 1.57. The molecule has 0 unspecified atom stereocenters. The fraction of sp³-hybridized carbons (Fsp3) is 0.214. The highest BCUT2D eigenvalue weighted by molar-refractivity contribution is 5.92. The molecule has 0 aliphatic carbocycles. The summed E-state index contributed by atoms with van der Waals surface area (Å²) in [5.74, 6) is 1.15.